The summed E-state index contributed by atoms with van der Waals surface area (Å²) in [6, 6.07) is 6.31. The SMILES string of the molecule is COCC(=O)N1CCN(c2cc(C(F)(F)F)nc(-n3ccnc3)n2)CC1(CCc1ccc2c(c1)OCO2)CC(N)=O. The van der Waals surface area contributed by atoms with Gasteiger partial charge in [-0.3, -0.25) is 14.2 Å². The van der Waals surface area contributed by atoms with Gasteiger partial charge in [-0.25, -0.2) is 9.97 Å². The number of ether oxygens (including phenoxy) is 3. The maximum Gasteiger partial charge on any atom is 0.433 e. The lowest BCUT2D eigenvalue weighted by Gasteiger charge is -2.51. The lowest BCUT2D eigenvalue weighted by atomic mass is 9.83. The topological polar surface area (TPSA) is 138 Å². The van der Waals surface area contributed by atoms with Crippen LogP contribution in [-0.2, 0) is 26.9 Å². The normalized spacial score (nSPS) is 18.5. The molecule has 1 atom stereocenters. The van der Waals surface area contributed by atoms with Crippen molar-refractivity contribution in [3.8, 4) is 17.4 Å². The summed E-state index contributed by atoms with van der Waals surface area (Å²) >= 11 is 0. The van der Waals surface area contributed by atoms with Gasteiger partial charge in [0, 0.05) is 45.2 Å². The quantitative estimate of drug-likeness (QED) is 0.406. The summed E-state index contributed by atoms with van der Waals surface area (Å²) < 4.78 is 58.8. The maximum absolute atomic E-state index is 13.9. The Morgan fingerprint density at radius 3 is 2.66 bits per heavy atom. The first kappa shape index (κ1) is 28.1. The van der Waals surface area contributed by atoms with E-state index in [1.807, 2.05) is 12.1 Å². The minimum Gasteiger partial charge on any atom is -0.454 e. The van der Waals surface area contributed by atoms with Crippen molar-refractivity contribution in [2.75, 3.05) is 45.0 Å². The predicted octanol–water partition coefficient (Wildman–Crippen LogP) is 1.95. The minimum absolute atomic E-state index is 0.00632. The van der Waals surface area contributed by atoms with Crippen LogP contribution in [0, 0.1) is 0 Å². The first-order chi connectivity index (χ1) is 19.6. The molecule has 2 amide bonds. The highest BCUT2D eigenvalue weighted by Crippen LogP contribution is 2.37. The molecule has 4 heterocycles. The second-order valence-corrected chi connectivity index (χ2v) is 9.83. The van der Waals surface area contributed by atoms with Crippen LogP contribution >= 0.6 is 0 Å². The van der Waals surface area contributed by atoms with Crippen LogP contribution in [0.5, 0.6) is 11.5 Å². The summed E-state index contributed by atoms with van der Waals surface area (Å²) in [4.78, 5) is 40.7. The fraction of sp³-hybridized carbons (Fsp3) is 0.423. The molecular formula is C26H28F3N7O5. The second kappa shape index (κ2) is 11.2. The average Bonchev–Trinajstić information content (AvgIpc) is 3.63. The van der Waals surface area contributed by atoms with Crippen molar-refractivity contribution in [2.45, 2.75) is 31.0 Å². The molecule has 1 aromatic carbocycles. The first-order valence-electron chi connectivity index (χ1n) is 12.7. The highest BCUT2D eigenvalue weighted by Gasteiger charge is 2.46. The van der Waals surface area contributed by atoms with Crippen molar-refractivity contribution in [3.05, 3.63) is 54.2 Å². The molecule has 15 heteroatoms. The van der Waals surface area contributed by atoms with E-state index in [0.717, 1.165) is 11.6 Å². The smallest absolute Gasteiger partial charge is 0.433 e. The van der Waals surface area contributed by atoms with Gasteiger partial charge in [0.15, 0.2) is 17.2 Å². The number of fused-ring (bicyclic) bond motifs is 1. The van der Waals surface area contributed by atoms with Crippen molar-refractivity contribution in [2.24, 2.45) is 5.73 Å². The number of anilines is 1. The Kier molecular flexibility index (Phi) is 7.71. The maximum atomic E-state index is 13.9. The molecule has 12 nitrogen and oxygen atoms in total. The van der Waals surface area contributed by atoms with E-state index < -0.39 is 23.3 Å². The number of methoxy groups -OCH3 is 1. The summed E-state index contributed by atoms with van der Waals surface area (Å²) in [6.07, 6.45) is -0.161. The van der Waals surface area contributed by atoms with Crippen LogP contribution in [0.15, 0.2) is 43.0 Å². The largest absolute Gasteiger partial charge is 0.454 e. The Labute approximate surface area is 232 Å². The number of rotatable bonds is 9. The van der Waals surface area contributed by atoms with Crippen LogP contribution in [0.3, 0.4) is 0 Å². The molecular weight excluding hydrogens is 547 g/mol. The number of carbonyl (C=O) groups excluding carboxylic acids is 2. The van der Waals surface area contributed by atoms with Gasteiger partial charge < -0.3 is 29.7 Å². The van der Waals surface area contributed by atoms with Gasteiger partial charge in [-0.2, -0.15) is 18.2 Å². The number of benzene rings is 1. The van der Waals surface area contributed by atoms with Crippen molar-refractivity contribution in [3.63, 3.8) is 0 Å². The van der Waals surface area contributed by atoms with Crippen LogP contribution in [0.25, 0.3) is 5.95 Å². The number of hydrogen-bond acceptors (Lipinski definition) is 9. The Hall–Kier alpha value is -4.40. The van der Waals surface area contributed by atoms with E-state index in [9.17, 15) is 22.8 Å². The number of aryl methyl sites for hydroxylation is 1. The van der Waals surface area contributed by atoms with Crippen molar-refractivity contribution >= 4 is 17.6 Å². The molecule has 0 aliphatic carbocycles. The Morgan fingerprint density at radius 1 is 1.15 bits per heavy atom. The summed E-state index contributed by atoms with van der Waals surface area (Å²) in [6.45, 7) is 0.118. The van der Waals surface area contributed by atoms with Gasteiger partial charge >= 0.3 is 6.18 Å². The number of nitrogens with two attached hydrogens (primary N) is 1. The van der Waals surface area contributed by atoms with Gasteiger partial charge in [0.05, 0.1) is 12.0 Å². The molecule has 1 fully saturated rings. The zero-order chi connectivity index (χ0) is 29.2. The van der Waals surface area contributed by atoms with E-state index in [1.54, 1.807) is 15.9 Å². The molecule has 41 heavy (non-hydrogen) atoms. The zero-order valence-electron chi connectivity index (χ0n) is 22.1. The number of piperazine rings is 1. The molecule has 2 N–H and O–H groups in total. The third-order valence-corrected chi connectivity index (χ3v) is 7.09. The lowest BCUT2D eigenvalue weighted by Crippen LogP contribution is -2.66. The van der Waals surface area contributed by atoms with Gasteiger partial charge in [0.1, 0.15) is 18.8 Å². The molecule has 3 aromatic rings. The molecule has 2 aliphatic heterocycles. The minimum atomic E-state index is -4.74. The van der Waals surface area contributed by atoms with Gasteiger partial charge in [-0.1, -0.05) is 6.07 Å². The van der Waals surface area contributed by atoms with Crippen LogP contribution < -0.4 is 20.1 Å². The number of halogens is 3. The molecule has 2 aliphatic rings. The standard InChI is InChI=1S/C26H28F3N7O5/c1-39-13-23(38)36-9-8-34(22-11-20(26(27,28)29)32-24(33-22)35-7-6-31-15-35)14-25(36,12-21(30)37)5-4-17-2-3-18-19(10-17)41-16-40-18/h2-3,6-7,10-11,15H,4-5,8-9,12-14,16H2,1H3,(H2,30,37). The number of amides is 2. The van der Waals surface area contributed by atoms with E-state index in [4.69, 9.17) is 19.9 Å². The fourth-order valence-corrected chi connectivity index (χ4v) is 5.24. The molecule has 2 aromatic heterocycles. The average molecular weight is 576 g/mol. The fourth-order valence-electron chi connectivity index (χ4n) is 5.24. The highest BCUT2D eigenvalue weighted by atomic mass is 19.4. The monoisotopic (exact) mass is 575 g/mol. The van der Waals surface area contributed by atoms with E-state index in [0.29, 0.717) is 17.9 Å². The lowest BCUT2D eigenvalue weighted by molar-refractivity contribution is -0.144. The van der Waals surface area contributed by atoms with E-state index in [-0.39, 0.29) is 63.5 Å². The number of imidazole rings is 1. The first-order valence-corrected chi connectivity index (χ1v) is 12.7. The highest BCUT2D eigenvalue weighted by molar-refractivity contribution is 5.81. The van der Waals surface area contributed by atoms with Gasteiger partial charge in [-0.05, 0) is 30.5 Å². The van der Waals surface area contributed by atoms with E-state index in [1.165, 1.54) is 30.4 Å². The van der Waals surface area contributed by atoms with Gasteiger partial charge in [0.2, 0.25) is 24.6 Å². The Bertz CT molecular complexity index is 1420. The molecule has 0 bridgehead atoms. The van der Waals surface area contributed by atoms with E-state index in [2.05, 4.69) is 15.0 Å². The summed E-state index contributed by atoms with van der Waals surface area (Å²) in [5.74, 6) is -0.0590. The number of primary amides is 1. The molecule has 5 rings (SSSR count). The number of hydrogen-bond donors (Lipinski definition) is 1. The summed E-state index contributed by atoms with van der Waals surface area (Å²) in [5, 5.41) is 0. The Balaban J connectivity index is 1.52. The van der Waals surface area contributed by atoms with Crippen molar-refractivity contribution in [1.82, 2.24) is 24.4 Å². The summed E-state index contributed by atoms with van der Waals surface area (Å²) in [7, 11) is 1.38. The zero-order valence-corrected chi connectivity index (χ0v) is 22.1. The number of alkyl halides is 3. The second-order valence-electron chi connectivity index (χ2n) is 9.83. The molecule has 0 radical (unpaired) electrons. The van der Waals surface area contributed by atoms with Crippen LogP contribution in [0.1, 0.15) is 24.1 Å². The van der Waals surface area contributed by atoms with Gasteiger partial charge in [-0.15, -0.1) is 0 Å². The third kappa shape index (κ3) is 6.04. The predicted molar refractivity (Wildman–Crippen MR) is 137 cm³/mol. The Morgan fingerprint density at radius 2 is 1.95 bits per heavy atom. The van der Waals surface area contributed by atoms with Crippen LogP contribution in [-0.4, -0.2) is 81.9 Å². The molecule has 1 saturated heterocycles. The van der Waals surface area contributed by atoms with Crippen molar-refractivity contribution < 1.29 is 37.0 Å². The number of aromatic nitrogens is 4. The van der Waals surface area contributed by atoms with Gasteiger partial charge in [0.25, 0.3) is 0 Å². The number of nitrogens with zero attached hydrogens (tertiary/aromatic N) is 6. The molecule has 1 unspecified atom stereocenters. The van der Waals surface area contributed by atoms with E-state index >= 15 is 0 Å². The van der Waals surface area contributed by atoms with Crippen molar-refractivity contribution in [1.29, 1.82) is 0 Å². The summed E-state index contributed by atoms with van der Waals surface area (Å²) in [5.41, 5.74) is 4.25. The molecule has 218 valence electrons. The number of carbonyl (C=O) groups is 2. The molecule has 0 saturated carbocycles. The van der Waals surface area contributed by atoms with Crippen LogP contribution in [0.2, 0.25) is 0 Å². The van der Waals surface area contributed by atoms with Crippen LogP contribution in [0.4, 0.5) is 19.0 Å². The third-order valence-electron chi connectivity index (χ3n) is 7.09. The molecule has 0 spiro atoms.